The minimum atomic E-state index is 0.825. The third kappa shape index (κ3) is 3.62. The predicted molar refractivity (Wildman–Crippen MR) is 104 cm³/mol. The molecule has 1 fully saturated rings. The van der Waals surface area contributed by atoms with Crippen molar-refractivity contribution in [2.24, 2.45) is 0 Å². The second kappa shape index (κ2) is 7.70. The Morgan fingerprint density at radius 3 is 2.04 bits per heavy atom. The molecule has 0 unspecified atom stereocenters. The fourth-order valence-corrected chi connectivity index (χ4v) is 4.08. The van der Waals surface area contributed by atoms with Crippen LogP contribution in [0.5, 0.6) is 0 Å². The SMILES string of the molecule is N#Cc1ccccc1C[NH+]1CC[NH+](Cc2cccc3ccccc23)CC1. The quantitative estimate of drug-likeness (QED) is 0.733. The van der Waals surface area contributed by atoms with Crippen molar-refractivity contribution in [1.82, 2.24) is 0 Å². The highest BCUT2D eigenvalue weighted by Gasteiger charge is 2.24. The molecule has 3 heteroatoms. The summed E-state index contributed by atoms with van der Waals surface area (Å²) in [6.45, 7) is 6.77. The molecule has 0 amide bonds. The summed E-state index contributed by atoms with van der Waals surface area (Å²) >= 11 is 0. The van der Waals surface area contributed by atoms with E-state index in [-0.39, 0.29) is 0 Å². The van der Waals surface area contributed by atoms with E-state index in [0.717, 1.165) is 18.7 Å². The molecule has 0 saturated carbocycles. The van der Waals surface area contributed by atoms with E-state index >= 15 is 0 Å². The average molecular weight is 343 g/mol. The molecule has 0 aliphatic carbocycles. The van der Waals surface area contributed by atoms with Gasteiger partial charge in [0, 0.05) is 11.1 Å². The van der Waals surface area contributed by atoms with E-state index in [9.17, 15) is 5.26 Å². The van der Waals surface area contributed by atoms with Crippen LogP contribution in [0.15, 0.2) is 66.7 Å². The highest BCUT2D eigenvalue weighted by molar-refractivity contribution is 5.85. The summed E-state index contributed by atoms with van der Waals surface area (Å²) in [7, 11) is 0. The summed E-state index contributed by atoms with van der Waals surface area (Å²) < 4.78 is 0. The first-order valence-corrected chi connectivity index (χ1v) is 9.45. The summed E-state index contributed by atoms with van der Waals surface area (Å²) in [4.78, 5) is 3.26. The van der Waals surface area contributed by atoms with Crippen molar-refractivity contribution in [3.63, 3.8) is 0 Å². The molecule has 0 radical (unpaired) electrons. The van der Waals surface area contributed by atoms with Crippen LogP contribution >= 0.6 is 0 Å². The Bertz CT molecular complexity index is 928. The Balaban J connectivity index is 1.39. The molecule has 1 aliphatic rings. The molecule has 0 bridgehead atoms. The van der Waals surface area contributed by atoms with Crippen LogP contribution in [0.1, 0.15) is 16.7 Å². The maximum absolute atomic E-state index is 9.28. The third-order valence-corrected chi connectivity index (χ3v) is 5.56. The van der Waals surface area contributed by atoms with Crippen LogP contribution < -0.4 is 9.80 Å². The monoisotopic (exact) mass is 343 g/mol. The lowest BCUT2D eigenvalue weighted by Gasteiger charge is -2.30. The second-order valence-electron chi connectivity index (χ2n) is 7.26. The maximum atomic E-state index is 9.28. The van der Waals surface area contributed by atoms with Gasteiger partial charge in [-0.1, -0.05) is 60.7 Å². The topological polar surface area (TPSA) is 32.7 Å². The molecule has 0 aromatic heterocycles. The van der Waals surface area contributed by atoms with Crippen LogP contribution in [0.4, 0.5) is 0 Å². The number of nitrogens with zero attached hydrogens (tertiary/aromatic N) is 1. The Morgan fingerprint density at radius 2 is 1.27 bits per heavy atom. The second-order valence-corrected chi connectivity index (χ2v) is 7.26. The zero-order valence-electron chi connectivity index (χ0n) is 15.0. The number of nitriles is 1. The first-order chi connectivity index (χ1) is 12.8. The van der Waals surface area contributed by atoms with Gasteiger partial charge in [0.2, 0.25) is 0 Å². The van der Waals surface area contributed by atoms with Crippen molar-refractivity contribution >= 4 is 10.8 Å². The number of quaternary nitrogens is 2. The Hall–Kier alpha value is -2.67. The van der Waals surface area contributed by atoms with E-state index in [1.54, 1.807) is 9.80 Å². The summed E-state index contributed by atoms with van der Waals surface area (Å²) in [5, 5.41) is 12.0. The fourth-order valence-electron chi connectivity index (χ4n) is 4.08. The minimum Gasteiger partial charge on any atom is -0.322 e. The molecule has 1 saturated heterocycles. The highest BCUT2D eigenvalue weighted by atomic mass is 15.3. The molecule has 3 aromatic rings. The van der Waals surface area contributed by atoms with Gasteiger partial charge in [0.25, 0.3) is 0 Å². The molecular weight excluding hydrogens is 318 g/mol. The highest BCUT2D eigenvalue weighted by Crippen LogP contribution is 2.17. The van der Waals surface area contributed by atoms with Gasteiger partial charge >= 0.3 is 0 Å². The number of hydrogen-bond donors (Lipinski definition) is 2. The Labute approximate surface area is 155 Å². The van der Waals surface area contributed by atoms with E-state index in [1.807, 2.05) is 18.2 Å². The van der Waals surface area contributed by atoms with Gasteiger partial charge in [-0.2, -0.15) is 5.26 Å². The first kappa shape index (κ1) is 16.8. The van der Waals surface area contributed by atoms with Gasteiger partial charge in [-0.05, 0) is 16.8 Å². The maximum Gasteiger partial charge on any atom is 0.127 e. The Morgan fingerprint density at radius 1 is 0.692 bits per heavy atom. The minimum absolute atomic E-state index is 0.825. The number of hydrogen-bond acceptors (Lipinski definition) is 1. The molecule has 0 atom stereocenters. The van der Waals surface area contributed by atoms with Crippen LogP contribution in [-0.2, 0) is 13.1 Å². The van der Waals surface area contributed by atoms with Crippen LogP contribution in [0.2, 0.25) is 0 Å². The molecule has 26 heavy (non-hydrogen) atoms. The van der Waals surface area contributed by atoms with Crippen molar-refractivity contribution in [1.29, 1.82) is 5.26 Å². The largest absolute Gasteiger partial charge is 0.322 e. The average Bonchev–Trinajstić information content (AvgIpc) is 2.70. The number of benzene rings is 3. The standard InChI is InChI=1S/C23H23N3/c24-16-20-7-1-2-8-21(20)17-25-12-14-26(15-13-25)18-22-10-5-9-19-6-3-4-11-23(19)22/h1-11H,12-15,17-18H2/p+2. The van der Waals surface area contributed by atoms with Gasteiger partial charge in [0.05, 0.1) is 11.6 Å². The third-order valence-electron chi connectivity index (χ3n) is 5.56. The molecule has 0 spiro atoms. The molecule has 130 valence electrons. The van der Waals surface area contributed by atoms with Crippen molar-refractivity contribution in [2.45, 2.75) is 13.1 Å². The van der Waals surface area contributed by atoms with E-state index < -0.39 is 0 Å². The number of rotatable bonds is 4. The van der Waals surface area contributed by atoms with Crippen LogP contribution in [0, 0.1) is 11.3 Å². The van der Waals surface area contributed by atoms with E-state index in [2.05, 4.69) is 54.6 Å². The van der Waals surface area contributed by atoms with Gasteiger partial charge in [-0.3, -0.25) is 0 Å². The number of fused-ring (bicyclic) bond motifs is 1. The number of piperazine rings is 1. The number of nitrogens with one attached hydrogen (secondary N) is 2. The Kier molecular flexibility index (Phi) is 4.97. The van der Waals surface area contributed by atoms with Gasteiger partial charge in [-0.15, -0.1) is 0 Å². The van der Waals surface area contributed by atoms with Crippen LogP contribution in [-0.4, -0.2) is 26.2 Å². The first-order valence-electron chi connectivity index (χ1n) is 9.45. The van der Waals surface area contributed by atoms with Crippen molar-refractivity contribution in [3.05, 3.63) is 83.4 Å². The normalized spacial score (nSPS) is 20.0. The van der Waals surface area contributed by atoms with Crippen LogP contribution in [0.25, 0.3) is 10.8 Å². The lowest BCUT2D eigenvalue weighted by molar-refractivity contribution is -1.02. The fraction of sp³-hybridized carbons (Fsp3) is 0.261. The van der Waals surface area contributed by atoms with Crippen molar-refractivity contribution < 1.29 is 9.80 Å². The van der Waals surface area contributed by atoms with Gasteiger partial charge in [-0.25, -0.2) is 0 Å². The molecular formula is C23H25N3+2. The summed E-state index contributed by atoms with van der Waals surface area (Å²) in [6.07, 6.45) is 0. The predicted octanol–water partition coefficient (Wildman–Crippen LogP) is 1.20. The lowest BCUT2D eigenvalue weighted by atomic mass is 10.0. The van der Waals surface area contributed by atoms with Crippen molar-refractivity contribution in [2.75, 3.05) is 26.2 Å². The smallest absolute Gasteiger partial charge is 0.127 e. The molecule has 4 rings (SSSR count). The van der Waals surface area contributed by atoms with Crippen molar-refractivity contribution in [3.8, 4) is 6.07 Å². The van der Waals surface area contributed by atoms with Gasteiger partial charge in [0.1, 0.15) is 39.3 Å². The molecule has 3 aromatic carbocycles. The van der Waals surface area contributed by atoms with E-state index in [0.29, 0.717) is 0 Å². The molecule has 1 heterocycles. The van der Waals surface area contributed by atoms with E-state index in [4.69, 9.17) is 0 Å². The zero-order valence-corrected chi connectivity index (χ0v) is 15.0. The molecule has 2 N–H and O–H groups in total. The molecule has 1 aliphatic heterocycles. The summed E-state index contributed by atoms with van der Waals surface area (Å²) in [5.41, 5.74) is 3.46. The lowest BCUT2D eigenvalue weighted by Crippen LogP contribution is -3.27. The summed E-state index contributed by atoms with van der Waals surface area (Å²) in [6, 6.07) is 25.7. The van der Waals surface area contributed by atoms with Gasteiger partial charge < -0.3 is 9.80 Å². The summed E-state index contributed by atoms with van der Waals surface area (Å²) in [5.74, 6) is 0. The molecule has 3 nitrogen and oxygen atoms in total. The zero-order chi connectivity index (χ0) is 17.8. The van der Waals surface area contributed by atoms with E-state index in [1.165, 1.54) is 48.1 Å². The van der Waals surface area contributed by atoms with Crippen LogP contribution in [0.3, 0.4) is 0 Å². The van der Waals surface area contributed by atoms with Gasteiger partial charge in [0.15, 0.2) is 0 Å².